The Kier molecular flexibility index (Phi) is 8.11. The van der Waals surface area contributed by atoms with Crippen molar-refractivity contribution in [3.63, 3.8) is 0 Å². The summed E-state index contributed by atoms with van der Waals surface area (Å²) in [5.74, 6) is 1.29. The van der Waals surface area contributed by atoms with E-state index < -0.39 is 0 Å². The van der Waals surface area contributed by atoms with Crippen LogP contribution in [0.15, 0.2) is 23.0 Å². The molecule has 0 atom stereocenters. The first-order valence-corrected chi connectivity index (χ1v) is 13.3. The highest BCUT2D eigenvalue weighted by Crippen LogP contribution is 2.46. The molecule has 2 heterocycles. The van der Waals surface area contributed by atoms with Crippen molar-refractivity contribution in [3.8, 4) is 17.1 Å². The quantitative estimate of drug-likeness (QED) is 0.334. The molecule has 8 nitrogen and oxygen atoms in total. The molecule has 2 fully saturated rings. The molecule has 1 spiro atoms. The maximum atomic E-state index is 13.0. The number of rotatable bonds is 9. The minimum atomic E-state index is -0.296. The van der Waals surface area contributed by atoms with Crippen LogP contribution in [0.25, 0.3) is 11.4 Å². The smallest absolute Gasteiger partial charge is 0.275 e. The van der Waals surface area contributed by atoms with Gasteiger partial charge in [0.25, 0.3) is 5.56 Å². The highest BCUT2D eigenvalue weighted by Gasteiger charge is 2.39. The molecule has 0 bridgehead atoms. The van der Waals surface area contributed by atoms with Crippen molar-refractivity contribution >= 4 is 23.4 Å². The van der Waals surface area contributed by atoms with Crippen molar-refractivity contribution in [2.24, 2.45) is 11.3 Å². The number of nitrogens with one attached hydrogen (secondary N) is 3. The third-order valence-electron chi connectivity index (χ3n) is 7.78. The van der Waals surface area contributed by atoms with E-state index in [0.29, 0.717) is 41.7 Å². The van der Waals surface area contributed by atoms with Crippen molar-refractivity contribution in [2.75, 3.05) is 37.0 Å². The fraction of sp³-hybridized carbons (Fsp3) is 0.571. The Balaban J connectivity index is 1.71. The second-order valence-corrected chi connectivity index (χ2v) is 10.2. The molecule has 1 aromatic heterocycles. The van der Waals surface area contributed by atoms with Gasteiger partial charge in [0.05, 0.1) is 17.9 Å². The lowest BCUT2D eigenvalue weighted by molar-refractivity contribution is -0.112. The van der Waals surface area contributed by atoms with E-state index in [9.17, 15) is 9.59 Å². The number of aromatic nitrogens is 2. The number of aromatic amines is 1. The Labute approximate surface area is 213 Å². The molecule has 1 aliphatic heterocycles. The summed E-state index contributed by atoms with van der Waals surface area (Å²) in [7, 11) is 1.68. The standard InChI is InChI=1S/C28H39N5O3/c1-4-7-22(29)24-25(30-3)27(35)32-26(31-24)21-16-20(8-9-23(21)36-5-2)33-15-6-12-28(18-33)13-10-19(17-34)11-14-28/h8-9,16-17,19,29-30H,4-7,10-15,18H2,1-3H3,(H,31,32,35). The SMILES string of the molecule is CCCC(=N)c1nc(-c2cc(N3CCCC4(CCC(C=O)CC4)C3)ccc2OCC)[nH]c(=O)c1NC. The molecule has 2 aromatic rings. The molecule has 8 heteroatoms. The maximum absolute atomic E-state index is 13.0. The van der Waals surface area contributed by atoms with Crippen LogP contribution in [0, 0.1) is 16.7 Å². The van der Waals surface area contributed by atoms with Gasteiger partial charge in [-0.05, 0) is 75.5 Å². The number of nitrogens with zero attached hydrogens (tertiary/aromatic N) is 2. The molecule has 1 saturated heterocycles. The van der Waals surface area contributed by atoms with Crippen molar-refractivity contribution in [2.45, 2.75) is 65.2 Å². The van der Waals surface area contributed by atoms with E-state index in [1.54, 1.807) is 7.05 Å². The molecule has 194 valence electrons. The van der Waals surface area contributed by atoms with E-state index in [1.165, 1.54) is 6.42 Å². The number of carbonyl (C=O) groups is 1. The Bertz CT molecular complexity index is 1150. The molecule has 4 rings (SSSR count). The zero-order valence-corrected chi connectivity index (χ0v) is 21.8. The summed E-state index contributed by atoms with van der Waals surface area (Å²) in [5, 5.41) is 11.4. The number of hydrogen-bond donors (Lipinski definition) is 3. The summed E-state index contributed by atoms with van der Waals surface area (Å²) in [4.78, 5) is 34.3. The Hall–Kier alpha value is -3.16. The largest absolute Gasteiger partial charge is 0.493 e. The Morgan fingerprint density at radius 3 is 2.75 bits per heavy atom. The number of aldehydes is 1. The van der Waals surface area contributed by atoms with E-state index in [1.807, 2.05) is 19.9 Å². The van der Waals surface area contributed by atoms with E-state index in [0.717, 1.165) is 69.2 Å². The molecule has 2 aliphatic rings. The van der Waals surface area contributed by atoms with Gasteiger partial charge in [-0.15, -0.1) is 0 Å². The lowest BCUT2D eigenvalue weighted by Crippen LogP contribution is -2.45. The predicted octanol–water partition coefficient (Wildman–Crippen LogP) is 5.02. The van der Waals surface area contributed by atoms with Crippen molar-refractivity contribution in [1.29, 1.82) is 5.41 Å². The lowest BCUT2D eigenvalue weighted by atomic mass is 9.66. The zero-order chi connectivity index (χ0) is 25.7. The van der Waals surface area contributed by atoms with Gasteiger partial charge in [0.2, 0.25) is 0 Å². The summed E-state index contributed by atoms with van der Waals surface area (Å²) in [6.45, 7) is 6.39. The second kappa shape index (κ2) is 11.3. The molecular weight excluding hydrogens is 454 g/mol. The highest BCUT2D eigenvalue weighted by molar-refractivity contribution is 6.01. The maximum Gasteiger partial charge on any atom is 0.275 e. The van der Waals surface area contributed by atoms with Gasteiger partial charge in [-0.2, -0.15) is 0 Å². The number of benzene rings is 1. The third kappa shape index (κ3) is 5.32. The van der Waals surface area contributed by atoms with Gasteiger partial charge >= 0.3 is 0 Å². The van der Waals surface area contributed by atoms with Gasteiger partial charge in [-0.1, -0.05) is 13.3 Å². The van der Waals surface area contributed by atoms with Crippen LogP contribution in [-0.2, 0) is 4.79 Å². The van der Waals surface area contributed by atoms with Gasteiger partial charge < -0.3 is 30.1 Å². The summed E-state index contributed by atoms with van der Waals surface area (Å²) in [5.41, 5.74) is 2.81. The van der Waals surface area contributed by atoms with Crippen molar-refractivity contribution < 1.29 is 9.53 Å². The van der Waals surface area contributed by atoms with Crippen LogP contribution in [0.2, 0.25) is 0 Å². The molecule has 0 unspecified atom stereocenters. The van der Waals surface area contributed by atoms with E-state index in [-0.39, 0.29) is 16.9 Å². The van der Waals surface area contributed by atoms with Gasteiger partial charge in [-0.25, -0.2) is 4.98 Å². The molecule has 1 saturated carbocycles. The molecule has 0 amide bonds. The lowest BCUT2D eigenvalue weighted by Gasteiger charge is -2.47. The van der Waals surface area contributed by atoms with Crippen LogP contribution in [0.5, 0.6) is 5.75 Å². The van der Waals surface area contributed by atoms with Crippen molar-refractivity contribution in [1.82, 2.24) is 9.97 Å². The molecule has 0 radical (unpaired) electrons. The van der Waals surface area contributed by atoms with Gasteiger partial charge in [0, 0.05) is 31.7 Å². The van der Waals surface area contributed by atoms with Crippen LogP contribution < -0.4 is 20.5 Å². The van der Waals surface area contributed by atoms with Crippen molar-refractivity contribution in [3.05, 3.63) is 34.2 Å². The first-order valence-electron chi connectivity index (χ1n) is 13.3. The number of carbonyl (C=O) groups excluding carboxylic acids is 1. The number of ether oxygens (including phenoxy) is 1. The van der Waals surface area contributed by atoms with Crippen LogP contribution in [0.4, 0.5) is 11.4 Å². The number of piperidine rings is 1. The summed E-state index contributed by atoms with van der Waals surface area (Å²) >= 11 is 0. The van der Waals surface area contributed by atoms with E-state index in [2.05, 4.69) is 27.3 Å². The average Bonchev–Trinajstić information content (AvgIpc) is 2.89. The fourth-order valence-electron chi connectivity index (χ4n) is 5.83. The summed E-state index contributed by atoms with van der Waals surface area (Å²) in [6, 6.07) is 6.11. The average molecular weight is 494 g/mol. The van der Waals surface area contributed by atoms with Crippen LogP contribution >= 0.6 is 0 Å². The predicted molar refractivity (Wildman–Crippen MR) is 145 cm³/mol. The summed E-state index contributed by atoms with van der Waals surface area (Å²) in [6.07, 6.45) is 8.98. The molecular formula is C28H39N5O3. The van der Waals surface area contributed by atoms with Gasteiger partial charge in [0.1, 0.15) is 29.2 Å². The van der Waals surface area contributed by atoms with Crippen LogP contribution in [-0.4, -0.2) is 48.7 Å². The molecule has 3 N–H and O–H groups in total. The number of hydrogen-bond acceptors (Lipinski definition) is 7. The summed E-state index contributed by atoms with van der Waals surface area (Å²) < 4.78 is 5.93. The van der Waals surface area contributed by atoms with Gasteiger partial charge in [0.15, 0.2) is 0 Å². The van der Waals surface area contributed by atoms with Crippen LogP contribution in [0.3, 0.4) is 0 Å². The van der Waals surface area contributed by atoms with Crippen LogP contribution in [0.1, 0.15) is 70.9 Å². The minimum Gasteiger partial charge on any atom is -0.493 e. The minimum absolute atomic E-state index is 0.215. The monoisotopic (exact) mass is 493 g/mol. The number of anilines is 2. The topological polar surface area (TPSA) is 111 Å². The van der Waals surface area contributed by atoms with Gasteiger partial charge in [-0.3, -0.25) is 4.79 Å². The third-order valence-corrected chi connectivity index (χ3v) is 7.78. The first-order chi connectivity index (χ1) is 17.4. The van der Waals surface area contributed by atoms with E-state index >= 15 is 0 Å². The normalized spacial score (nSPS) is 21.9. The Morgan fingerprint density at radius 1 is 1.31 bits per heavy atom. The molecule has 36 heavy (non-hydrogen) atoms. The highest BCUT2D eigenvalue weighted by atomic mass is 16.5. The van der Waals surface area contributed by atoms with E-state index in [4.69, 9.17) is 15.1 Å². The number of H-pyrrole nitrogens is 1. The molecule has 1 aliphatic carbocycles. The fourth-order valence-corrected chi connectivity index (χ4v) is 5.83. The molecule has 1 aromatic carbocycles. The first kappa shape index (κ1) is 25.9. The zero-order valence-electron chi connectivity index (χ0n) is 21.8. The Morgan fingerprint density at radius 2 is 2.08 bits per heavy atom. The second-order valence-electron chi connectivity index (χ2n) is 10.2.